The number of carbonyl (C=O) groups is 2. The second kappa shape index (κ2) is 9.89. The van der Waals surface area contributed by atoms with E-state index in [2.05, 4.69) is 21.2 Å². The molecule has 1 N–H and O–H groups in total. The molecule has 0 fully saturated rings. The molecule has 0 aromatic heterocycles. The number of amides is 2. The van der Waals surface area contributed by atoms with Gasteiger partial charge in [-0.2, -0.15) is 0 Å². The number of halogens is 1. The molecule has 1 unspecified atom stereocenters. The standard InChI is InChI=1S/C20H24BrN3O4S/c1-15(20(26)22-2)23(13-16-7-5-4-6-8-16)19(25)14-24(29(3,27)28)18-11-9-17(21)10-12-18/h4-12,15H,13-14H2,1-3H3,(H,22,26). The van der Waals surface area contributed by atoms with E-state index in [1.165, 1.54) is 11.9 Å². The normalized spacial score (nSPS) is 12.1. The average molecular weight is 482 g/mol. The first kappa shape index (κ1) is 22.9. The van der Waals surface area contributed by atoms with Crippen LogP contribution < -0.4 is 9.62 Å². The minimum atomic E-state index is -3.71. The van der Waals surface area contributed by atoms with Crippen LogP contribution in [0, 0.1) is 0 Å². The van der Waals surface area contributed by atoms with Crippen LogP contribution in [0.4, 0.5) is 5.69 Å². The molecule has 2 rings (SSSR count). The number of benzene rings is 2. The minimum Gasteiger partial charge on any atom is -0.357 e. The van der Waals surface area contributed by atoms with Gasteiger partial charge in [-0.3, -0.25) is 13.9 Å². The number of likely N-dealkylation sites (N-methyl/N-ethyl adjacent to an activating group) is 1. The summed E-state index contributed by atoms with van der Waals surface area (Å²) in [6, 6.07) is 15.1. The summed E-state index contributed by atoms with van der Waals surface area (Å²) in [5.74, 6) is -0.804. The topological polar surface area (TPSA) is 86.8 Å². The molecule has 0 aliphatic carbocycles. The number of hydrogen-bond donors (Lipinski definition) is 1. The number of nitrogens with one attached hydrogen (secondary N) is 1. The zero-order chi connectivity index (χ0) is 21.6. The molecule has 2 amide bonds. The van der Waals surface area contributed by atoms with Gasteiger partial charge in [-0.25, -0.2) is 8.42 Å². The van der Waals surface area contributed by atoms with Crippen LogP contribution in [-0.2, 0) is 26.2 Å². The van der Waals surface area contributed by atoms with Crippen molar-refractivity contribution in [3.63, 3.8) is 0 Å². The molecule has 0 bridgehead atoms. The number of anilines is 1. The third-order valence-corrected chi connectivity index (χ3v) is 6.07. The molecule has 0 aliphatic rings. The lowest BCUT2D eigenvalue weighted by Crippen LogP contribution is -2.50. The summed E-state index contributed by atoms with van der Waals surface area (Å²) in [5.41, 5.74) is 1.21. The Bertz CT molecular complexity index is 949. The lowest BCUT2D eigenvalue weighted by atomic mass is 10.1. The predicted octanol–water partition coefficient (Wildman–Crippen LogP) is 2.38. The molecule has 0 heterocycles. The van der Waals surface area contributed by atoms with Gasteiger partial charge in [-0.05, 0) is 36.8 Å². The zero-order valence-corrected chi connectivity index (χ0v) is 18.9. The van der Waals surface area contributed by atoms with Gasteiger partial charge in [0.15, 0.2) is 0 Å². The Kier molecular flexibility index (Phi) is 7.80. The van der Waals surface area contributed by atoms with Gasteiger partial charge >= 0.3 is 0 Å². The lowest BCUT2D eigenvalue weighted by molar-refractivity contribution is -0.139. The van der Waals surface area contributed by atoms with Crippen molar-refractivity contribution in [1.82, 2.24) is 10.2 Å². The second-order valence-electron chi connectivity index (χ2n) is 6.54. The second-order valence-corrected chi connectivity index (χ2v) is 9.37. The summed E-state index contributed by atoms with van der Waals surface area (Å²) in [5, 5.41) is 2.54. The Morgan fingerprint density at radius 1 is 1.07 bits per heavy atom. The maximum absolute atomic E-state index is 13.1. The first-order valence-electron chi connectivity index (χ1n) is 8.91. The van der Waals surface area contributed by atoms with Crippen LogP contribution in [0.3, 0.4) is 0 Å². The van der Waals surface area contributed by atoms with Crippen molar-refractivity contribution < 1.29 is 18.0 Å². The van der Waals surface area contributed by atoms with Gasteiger partial charge < -0.3 is 10.2 Å². The van der Waals surface area contributed by atoms with E-state index in [1.54, 1.807) is 31.2 Å². The van der Waals surface area contributed by atoms with Crippen LogP contribution in [0.1, 0.15) is 12.5 Å². The summed E-state index contributed by atoms with van der Waals surface area (Å²) in [4.78, 5) is 26.7. The number of hydrogen-bond acceptors (Lipinski definition) is 4. The average Bonchev–Trinajstić information content (AvgIpc) is 2.69. The quantitative estimate of drug-likeness (QED) is 0.626. The highest BCUT2D eigenvalue weighted by molar-refractivity contribution is 9.10. The molecular weight excluding hydrogens is 458 g/mol. The van der Waals surface area contributed by atoms with Gasteiger partial charge in [0.2, 0.25) is 21.8 Å². The number of carbonyl (C=O) groups excluding carboxylic acids is 2. The number of sulfonamides is 1. The van der Waals surface area contributed by atoms with Crippen molar-refractivity contribution in [2.75, 3.05) is 24.2 Å². The summed E-state index contributed by atoms with van der Waals surface area (Å²) in [6.45, 7) is 1.39. The van der Waals surface area contributed by atoms with Crippen molar-refractivity contribution >= 4 is 43.5 Å². The van der Waals surface area contributed by atoms with Crippen molar-refractivity contribution in [2.45, 2.75) is 19.5 Å². The van der Waals surface area contributed by atoms with Crippen molar-refractivity contribution in [1.29, 1.82) is 0 Å². The molecule has 29 heavy (non-hydrogen) atoms. The molecule has 156 valence electrons. The highest BCUT2D eigenvalue weighted by Crippen LogP contribution is 2.21. The van der Waals surface area contributed by atoms with Crippen molar-refractivity contribution in [3.8, 4) is 0 Å². The predicted molar refractivity (Wildman–Crippen MR) is 117 cm³/mol. The third-order valence-electron chi connectivity index (χ3n) is 4.40. The summed E-state index contributed by atoms with van der Waals surface area (Å²) < 4.78 is 26.5. The van der Waals surface area contributed by atoms with E-state index in [1.807, 2.05) is 30.3 Å². The van der Waals surface area contributed by atoms with Crippen LogP contribution in [0.2, 0.25) is 0 Å². The number of rotatable bonds is 8. The van der Waals surface area contributed by atoms with E-state index in [0.717, 1.165) is 20.6 Å². The molecule has 0 aliphatic heterocycles. The number of nitrogens with zero attached hydrogens (tertiary/aromatic N) is 2. The molecule has 9 heteroatoms. The Morgan fingerprint density at radius 3 is 2.17 bits per heavy atom. The third kappa shape index (κ3) is 6.30. The largest absolute Gasteiger partial charge is 0.357 e. The molecule has 7 nitrogen and oxygen atoms in total. The van der Waals surface area contributed by atoms with Crippen molar-refractivity contribution in [2.24, 2.45) is 0 Å². The Morgan fingerprint density at radius 2 is 1.66 bits per heavy atom. The van der Waals surface area contributed by atoms with Crippen LogP contribution in [-0.4, -0.2) is 51.0 Å². The fourth-order valence-electron chi connectivity index (χ4n) is 2.79. The van der Waals surface area contributed by atoms with Gasteiger partial charge in [0, 0.05) is 18.1 Å². The van der Waals surface area contributed by atoms with E-state index in [4.69, 9.17) is 0 Å². The van der Waals surface area contributed by atoms with Crippen LogP contribution in [0.25, 0.3) is 0 Å². The highest BCUT2D eigenvalue weighted by Gasteiger charge is 2.29. The van der Waals surface area contributed by atoms with Gasteiger partial charge in [0.25, 0.3) is 0 Å². The van der Waals surface area contributed by atoms with Crippen LogP contribution >= 0.6 is 15.9 Å². The maximum atomic E-state index is 13.1. The molecule has 2 aromatic carbocycles. The van der Waals surface area contributed by atoms with E-state index in [0.29, 0.717) is 5.69 Å². The Balaban J connectivity index is 2.34. The monoisotopic (exact) mass is 481 g/mol. The van der Waals surface area contributed by atoms with Crippen molar-refractivity contribution in [3.05, 3.63) is 64.6 Å². The first-order valence-corrected chi connectivity index (χ1v) is 11.6. The van der Waals surface area contributed by atoms with Gasteiger partial charge in [0.1, 0.15) is 12.6 Å². The smallest absolute Gasteiger partial charge is 0.244 e. The molecule has 0 spiro atoms. The zero-order valence-electron chi connectivity index (χ0n) is 16.5. The van der Waals surface area contributed by atoms with Gasteiger partial charge in [-0.15, -0.1) is 0 Å². The summed E-state index contributed by atoms with van der Waals surface area (Å²) in [7, 11) is -2.22. The fraction of sp³-hybridized carbons (Fsp3) is 0.300. The van der Waals surface area contributed by atoms with Crippen LogP contribution in [0.15, 0.2) is 59.1 Å². The van der Waals surface area contributed by atoms with E-state index >= 15 is 0 Å². The molecule has 0 saturated carbocycles. The highest BCUT2D eigenvalue weighted by atomic mass is 79.9. The summed E-state index contributed by atoms with van der Waals surface area (Å²) in [6.07, 6.45) is 1.05. The van der Waals surface area contributed by atoms with Gasteiger partial charge in [-0.1, -0.05) is 46.3 Å². The maximum Gasteiger partial charge on any atom is 0.244 e. The molecule has 2 aromatic rings. The van der Waals surface area contributed by atoms with Crippen LogP contribution in [0.5, 0.6) is 0 Å². The SMILES string of the molecule is CNC(=O)C(C)N(Cc1ccccc1)C(=O)CN(c1ccc(Br)cc1)S(C)(=O)=O. The van der Waals surface area contributed by atoms with Gasteiger partial charge in [0.05, 0.1) is 11.9 Å². The molecule has 0 radical (unpaired) electrons. The van der Waals surface area contributed by atoms with E-state index < -0.39 is 28.5 Å². The Hall–Kier alpha value is -2.39. The summed E-state index contributed by atoms with van der Waals surface area (Å²) >= 11 is 3.31. The fourth-order valence-corrected chi connectivity index (χ4v) is 3.91. The first-order chi connectivity index (χ1) is 13.6. The Labute approximate surface area is 179 Å². The molecule has 1 atom stereocenters. The minimum absolute atomic E-state index is 0.187. The molecule has 0 saturated heterocycles. The van der Waals surface area contributed by atoms with E-state index in [9.17, 15) is 18.0 Å². The molecular formula is C20H24BrN3O4S. The lowest BCUT2D eigenvalue weighted by Gasteiger charge is -2.31. The van der Waals surface area contributed by atoms with E-state index in [-0.39, 0.29) is 12.5 Å².